The van der Waals surface area contributed by atoms with Crippen molar-refractivity contribution in [2.75, 3.05) is 6.61 Å². The SMILES string of the molecule is CC(NC(=O)C(CC(F)F)NC(=O)OCC1c2ccccc2-c2ccccc21)(C(=O)O)C(F)(F)F. The number of carboxylic acids is 1. The highest BCUT2D eigenvalue weighted by Gasteiger charge is 2.59. The van der Waals surface area contributed by atoms with E-state index >= 15 is 0 Å². The van der Waals surface area contributed by atoms with Gasteiger partial charge in [-0.15, -0.1) is 0 Å². The molecule has 12 heteroatoms. The van der Waals surface area contributed by atoms with Crippen LogP contribution in [0.3, 0.4) is 0 Å². The van der Waals surface area contributed by atoms with Crippen LogP contribution in [0.2, 0.25) is 0 Å². The summed E-state index contributed by atoms with van der Waals surface area (Å²) in [5.74, 6) is -4.59. The van der Waals surface area contributed by atoms with Gasteiger partial charge in [-0.1, -0.05) is 48.5 Å². The lowest BCUT2D eigenvalue weighted by molar-refractivity contribution is -0.207. The third-order valence-electron chi connectivity index (χ3n) is 5.73. The molecule has 3 N–H and O–H groups in total. The molecule has 1 aliphatic carbocycles. The van der Waals surface area contributed by atoms with Crippen LogP contribution in [-0.2, 0) is 14.3 Å². The molecule has 2 aromatic carbocycles. The van der Waals surface area contributed by atoms with Gasteiger partial charge in [0.25, 0.3) is 0 Å². The van der Waals surface area contributed by atoms with Crippen molar-refractivity contribution in [3.05, 3.63) is 59.7 Å². The highest BCUT2D eigenvalue weighted by Crippen LogP contribution is 2.44. The van der Waals surface area contributed by atoms with Crippen LogP contribution in [0.4, 0.5) is 26.7 Å². The van der Waals surface area contributed by atoms with Crippen molar-refractivity contribution in [3.63, 3.8) is 0 Å². The molecule has 2 atom stereocenters. The zero-order valence-electron chi connectivity index (χ0n) is 18.2. The summed E-state index contributed by atoms with van der Waals surface area (Å²) in [5.41, 5.74) is -0.205. The maximum atomic E-state index is 13.2. The summed E-state index contributed by atoms with van der Waals surface area (Å²) >= 11 is 0. The zero-order chi connectivity index (χ0) is 26.0. The Labute approximate surface area is 196 Å². The Morgan fingerprint density at radius 2 is 1.51 bits per heavy atom. The average Bonchev–Trinajstić information content (AvgIpc) is 3.09. The summed E-state index contributed by atoms with van der Waals surface area (Å²) in [7, 11) is 0. The highest BCUT2D eigenvalue weighted by atomic mass is 19.4. The van der Waals surface area contributed by atoms with Gasteiger partial charge in [-0.05, 0) is 29.2 Å². The van der Waals surface area contributed by atoms with Crippen molar-refractivity contribution < 1.29 is 46.2 Å². The Hall–Kier alpha value is -3.70. The fourth-order valence-corrected chi connectivity index (χ4v) is 3.77. The van der Waals surface area contributed by atoms with Crippen LogP contribution >= 0.6 is 0 Å². The Morgan fingerprint density at radius 3 is 1.97 bits per heavy atom. The predicted octanol–water partition coefficient (Wildman–Crippen LogP) is 4.07. The molecule has 2 amide bonds. The normalized spacial score (nSPS) is 15.5. The number of hydrogen-bond acceptors (Lipinski definition) is 4. The van der Waals surface area contributed by atoms with Crippen LogP contribution in [0.25, 0.3) is 11.1 Å². The minimum absolute atomic E-state index is 0.167. The number of alkyl carbamates (subject to hydrolysis) is 1. The summed E-state index contributed by atoms with van der Waals surface area (Å²) < 4.78 is 70.6. The molecule has 1 aliphatic rings. The fourth-order valence-electron chi connectivity index (χ4n) is 3.77. The lowest BCUT2D eigenvalue weighted by Crippen LogP contribution is -2.65. The first-order valence-corrected chi connectivity index (χ1v) is 10.4. The number of halogens is 5. The van der Waals surface area contributed by atoms with Gasteiger partial charge in [0.2, 0.25) is 17.9 Å². The maximum absolute atomic E-state index is 13.2. The van der Waals surface area contributed by atoms with E-state index in [0.717, 1.165) is 22.3 Å². The van der Waals surface area contributed by atoms with Crippen LogP contribution < -0.4 is 10.6 Å². The number of alkyl halides is 5. The minimum atomic E-state index is -5.44. The molecule has 2 unspecified atom stereocenters. The summed E-state index contributed by atoms with van der Waals surface area (Å²) in [4.78, 5) is 35.7. The lowest BCUT2D eigenvalue weighted by Gasteiger charge is -2.30. The largest absolute Gasteiger partial charge is 0.479 e. The molecule has 35 heavy (non-hydrogen) atoms. The number of carboxylic acid groups (broad SMARTS) is 1. The van der Waals surface area contributed by atoms with Gasteiger partial charge in [-0.2, -0.15) is 13.2 Å². The minimum Gasteiger partial charge on any atom is -0.479 e. The number of fused-ring (bicyclic) bond motifs is 3. The fraction of sp³-hybridized carbons (Fsp3) is 0.348. The van der Waals surface area contributed by atoms with E-state index in [2.05, 4.69) is 0 Å². The van der Waals surface area contributed by atoms with E-state index in [9.17, 15) is 36.3 Å². The van der Waals surface area contributed by atoms with Crippen LogP contribution in [0.5, 0.6) is 0 Å². The van der Waals surface area contributed by atoms with Gasteiger partial charge in [0.05, 0.1) is 0 Å². The second-order valence-corrected chi connectivity index (χ2v) is 8.07. The van der Waals surface area contributed by atoms with Crippen LogP contribution in [0.1, 0.15) is 30.4 Å². The van der Waals surface area contributed by atoms with E-state index < -0.39 is 54.5 Å². The van der Waals surface area contributed by atoms with Crippen molar-refractivity contribution in [1.29, 1.82) is 0 Å². The van der Waals surface area contributed by atoms with Crippen molar-refractivity contribution in [2.24, 2.45) is 0 Å². The van der Waals surface area contributed by atoms with Gasteiger partial charge < -0.3 is 20.5 Å². The molecule has 3 rings (SSSR count). The van der Waals surface area contributed by atoms with Crippen molar-refractivity contribution in [1.82, 2.24) is 10.6 Å². The van der Waals surface area contributed by atoms with E-state index in [1.807, 2.05) is 41.7 Å². The molecule has 0 saturated carbocycles. The van der Waals surface area contributed by atoms with Crippen LogP contribution in [0.15, 0.2) is 48.5 Å². The molecule has 188 valence electrons. The smallest absolute Gasteiger partial charge is 0.422 e. The molecule has 0 saturated heterocycles. The quantitative estimate of drug-likeness (QED) is 0.474. The third kappa shape index (κ3) is 5.36. The molecule has 0 aliphatic heterocycles. The number of nitrogens with one attached hydrogen (secondary N) is 2. The number of hydrogen-bond donors (Lipinski definition) is 3. The second kappa shape index (κ2) is 9.88. The van der Waals surface area contributed by atoms with Crippen molar-refractivity contribution in [3.8, 4) is 11.1 Å². The molecule has 0 bridgehead atoms. The van der Waals surface area contributed by atoms with Crippen molar-refractivity contribution >= 4 is 18.0 Å². The van der Waals surface area contributed by atoms with E-state index in [1.54, 1.807) is 12.1 Å². The molecule has 0 aromatic heterocycles. The number of carbonyl (C=O) groups is 3. The summed E-state index contributed by atoms with van der Waals surface area (Å²) in [6.45, 7) is -0.0712. The third-order valence-corrected chi connectivity index (χ3v) is 5.73. The first kappa shape index (κ1) is 25.9. The Bertz CT molecular complexity index is 1080. The van der Waals surface area contributed by atoms with Gasteiger partial charge in [-0.25, -0.2) is 18.4 Å². The van der Waals surface area contributed by atoms with Crippen LogP contribution in [-0.4, -0.2) is 53.9 Å². The zero-order valence-corrected chi connectivity index (χ0v) is 18.2. The summed E-state index contributed by atoms with van der Waals surface area (Å²) in [6, 6.07) is 12.5. The Balaban J connectivity index is 1.72. The van der Waals surface area contributed by atoms with Gasteiger partial charge in [-0.3, -0.25) is 4.79 Å². The molecule has 0 radical (unpaired) electrons. The Kier molecular flexibility index (Phi) is 7.32. The predicted molar refractivity (Wildman–Crippen MR) is 113 cm³/mol. The van der Waals surface area contributed by atoms with Gasteiger partial charge in [0.1, 0.15) is 12.6 Å². The maximum Gasteiger partial charge on any atom is 0.422 e. The van der Waals surface area contributed by atoms with Crippen LogP contribution in [0, 0.1) is 0 Å². The van der Waals surface area contributed by atoms with Gasteiger partial charge >= 0.3 is 18.2 Å². The van der Waals surface area contributed by atoms with E-state index in [-0.39, 0.29) is 13.5 Å². The molecular formula is C23H21F5N2O5. The molecular weight excluding hydrogens is 479 g/mol. The van der Waals surface area contributed by atoms with E-state index in [0.29, 0.717) is 0 Å². The summed E-state index contributed by atoms with van der Waals surface area (Å²) in [5, 5.41) is 12.0. The monoisotopic (exact) mass is 500 g/mol. The van der Waals surface area contributed by atoms with Gasteiger partial charge in [0, 0.05) is 12.3 Å². The average molecular weight is 500 g/mol. The molecule has 7 nitrogen and oxygen atoms in total. The van der Waals surface area contributed by atoms with E-state index in [1.165, 1.54) is 5.32 Å². The molecule has 2 aromatic rings. The summed E-state index contributed by atoms with van der Waals surface area (Å²) in [6.07, 6.45) is -11.3. The first-order chi connectivity index (χ1) is 16.3. The van der Waals surface area contributed by atoms with E-state index in [4.69, 9.17) is 9.84 Å². The molecule has 0 heterocycles. The topological polar surface area (TPSA) is 105 Å². The Morgan fingerprint density at radius 1 is 1.00 bits per heavy atom. The number of ether oxygens (including phenoxy) is 1. The number of carbonyl (C=O) groups excluding carboxylic acids is 2. The number of amides is 2. The number of aliphatic carboxylic acids is 1. The highest BCUT2D eigenvalue weighted by molar-refractivity contribution is 5.91. The lowest BCUT2D eigenvalue weighted by atomic mass is 9.98. The molecule has 0 fully saturated rings. The van der Waals surface area contributed by atoms with Gasteiger partial charge in [0.15, 0.2) is 0 Å². The standard InChI is InChI=1S/C23H21F5N2O5/c1-22(20(32)33,23(26,27)28)30-19(31)17(10-18(24)25)29-21(34)35-11-16-14-8-4-2-6-12(14)13-7-3-5-9-15(13)16/h2-9,16-18H,10-11H2,1H3,(H,29,34)(H,30,31)(H,32,33). The number of benzene rings is 2. The van der Waals surface area contributed by atoms with Crippen molar-refractivity contribution in [2.45, 2.75) is 43.4 Å². The second-order valence-electron chi connectivity index (χ2n) is 8.07. The molecule has 0 spiro atoms. The first-order valence-electron chi connectivity index (χ1n) is 10.4. The number of rotatable bonds is 8.